The van der Waals surface area contributed by atoms with E-state index in [1.807, 2.05) is 13.8 Å². The van der Waals surface area contributed by atoms with Crippen molar-refractivity contribution >= 4 is 23.8 Å². The van der Waals surface area contributed by atoms with Gasteiger partial charge in [0.25, 0.3) is 0 Å². The highest BCUT2D eigenvalue weighted by atomic mass is 16.6. The summed E-state index contributed by atoms with van der Waals surface area (Å²) in [7, 11) is 1.68. The van der Waals surface area contributed by atoms with Gasteiger partial charge in [0.1, 0.15) is 12.7 Å². The van der Waals surface area contributed by atoms with Crippen molar-refractivity contribution in [3.63, 3.8) is 0 Å². The maximum atomic E-state index is 13.5. The van der Waals surface area contributed by atoms with Crippen molar-refractivity contribution in [1.82, 2.24) is 10.2 Å². The van der Waals surface area contributed by atoms with Crippen LogP contribution in [-0.2, 0) is 38.1 Å². The van der Waals surface area contributed by atoms with E-state index in [1.165, 1.54) is 103 Å². The second kappa shape index (κ2) is 34.4. The summed E-state index contributed by atoms with van der Waals surface area (Å²) in [6, 6.07) is -0.388. The molecule has 2 amide bonds. The van der Waals surface area contributed by atoms with Gasteiger partial charge in [-0.1, -0.05) is 149 Å². The van der Waals surface area contributed by atoms with E-state index in [1.54, 1.807) is 12.0 Å². The molecular formula is C49H92N2O8. The summed E-state index contributed by atoms with van der Waals surface area (Å²) in [5.74, 6) is -0.860. The summed E-state index contributed by atoms with van der Waals surface area (Å²) < 4.78 is 23.3. The zero-order valence-corrected chi connectivity index (χ0v) is 39.4. The zero-order valence-electron chi connectivity index (χ0n) is 39.4. The standard InChI is InChI=1S/C49H92N2O8/c1-8-11-13-15-17-19-21-23-25-27-29-32-46(54)57-40-42-38-43(59-47(55)33-30-28-26-24-22-20-18-16-14-12-9-2)39-51(42)45(53)35-34-44(52)50-37-31-36-49(6,10-3)58-41-48(4,5)56-7/h42-43H,8-41H2,1-7H3,(H,50,52)/t42-,43+,49?/m0/s1. The fourth-order valence-electron chi connectivity index (χ4n) is 7.70. The molecule has 1 aliphatic heterocycles. The molecule has 0 radical (unpaired) electrons. The van der Waals surface area contributed by atoms with E-state index in [0.717, 1.165) is 57.8 Å². The predicted octanol–water partition coefficient (Wildman–Crippen LogP) is 11.7. The minimum atomic E-state index is -0.451. The number of nitrogens with zero attached hydrogens (tertiary/aromatic N) is 1. The lowest BCUT2D eigenvalue weighted by molar-refractivity contribution is -0.149. The molecule has 1 rings (SSSR count). The molecule has 0 spiro atoms. The highest BCUT2D eigenvalue weighted by Gasteiger charge is 2.38. The molecule has 346 valence electrons. The second-order valence-corrected chi connectivity index (χ2v) is 18.3. The summed E-state index contributed by atoms with van der Waals surface area (Å²) in [6.45, 7) is 14.0. The highest BCUT2D eigenvalue weighted by molar-refractivity contribution is 5.84. The molecule has 0 saturated carbocycles. The molecule has 1 saturated heterocycles. The first kappa shape index (κ1) is 54.8. The number of nitrogens with one attached hydrogen (secondary N) is 1. The molecule has 1 N–H and O–H groups in total. The van der Waals surface area contributed by atoms with Crippen LogP contribution in [0.25, 0.3) is 0 Å². The molecule has 1 fully saturated rings. The zero-order chi connectivity index (χ0) is 43.6. The van der Waals surface area contributed by atoms with Gasteiger partial charge in [0.2, 0.25) is 11.8 Å². The number of likely N-dealkylation sites (tertiary alicyclic amines) is 1. The van der Waals surface area contributed by atoms with Gasteiger partial charge in [-0.3, -0.25) is 19.2 Å². The van der Waals surface area contributed by atoms with E-state index in [4.69, 9.17) is 18.9 Å². The molecule has 0 bridgehead atoms. The second-order valence-electron chi connectivity index (χ2n) is 18.3. The number of rotatable bonds is 39. The SMILES string of the molecule is CCCCCCCCCCCCCC(=O)OC[C@@H]1C[C@@H](OC(=O)CCCCCCCCCCCCC)CN1C(=O)CCC(=O)NCCCC(C)(CC)OCC(C)(C)OC. The molecule has 10 nitrogen and oxygen atoms in total. The highest BCUT2D eigenvalue weighted by Crippen LogP contribution is 2.25. The molecular weight excluding hydrogens is 745 g/mol. The number of unbranched alkanes of at least 4 members (excludes halogenated alkanes) is 20. The van der Waals surface area contributed by atoms with Crippen molar-refractivity contribution in [3.05, 3.63) is 0 Å². The summed E-state index contributed by atoms with van der Waals surface area (Å²) >= 11 is 0. The minimum Gasteiger partial charge on any atom is -0.463 e. The van der Waals surface area contributed by atoms with E-state index in [0.29, 0.717) is 32.4 Å². The average molecular weight is 837 g/mol. The largest absolute Gasteiger partial charge is 0.463 e. The predicted molar refractivity (Wildman–Crippen MR) is 240 cm³/mol. The number of carbonyl (C=O) groups is 4. The van der Waals surface area contributed by atoms with E-state index >= 15 is 0 Å². The van der Waals surface area contributed by atoms with Crippen molar-refractivity contribution < 1.29 is 38.1 Å². The topological polar surface area (TPSA) is 120 Å². The molecule has 0 aromatic heterocycles. The number of carbonyl (C=O) groups excluding carboxylic acids is 4. The molecule has 1 unspecified atom stereocenters. The fourth-order valence-corrected chi connectivity index (χ4v) is 7.70. The summed E-state index contributed by atoms with van der Waals surface area (Å²) in [4.78, 5) is 53.5. The summed E-state index contributed by atoms with van der Waals surface area (Å²) in [6.07, 6.45) is 29.9. The molecule has 10 heteroatoms. The molecule has 0 aliphatic carbocycles. The van der Waals surface area contributed by atoms with Gasteiger partial charge in [0.05, 0.1) is 30.4 Å². The van der Waals surface area contributed by atoms with Crippen LogP contribution in [0.1, 0.15) is 234 Å². The van der Waals surface area contributed by atoms with Crippen LogP contribution in [0.4, 0.5) is 0 Å². The average Bonchev–Trinajstić information content (AvgIpc) is 3.63. The third-order valence-corrected chi connectivity index (χ3v) is 12.2. The molecule has 1 heterocycles. The third-order valence-electron chi connectivity index (χ3n) is 12.2. The van der Waals surface area contributed by atoms with Gasteiger partial charge in [-0.2, -0.15) is 0 Å². The Kier molecular flexibility index (Phi) is 32.0. The maximum Gasteiger partial charge on any atom is 0.306 e. The van der Waals surface area contributed by atoms with E-state index in [9.17, 15) is 19.2 Å². The van der Waals surface area contributed by atoms with Gasteiger partial charge >= 0.3 is 11.9 Å². The molecule has 1 aliphatic rings. The Morgan fingerprint density at radius 2 is 1.12 bits per heavy atom. The van der Waals surface area contributed by atoms with Crippen LogP contribution in [0, 0.1) is 0 Å². The van der Waals surface area contributed by atoms with Crippen LogP contribution in [0.15, 0.2) is 0 Å². The van der Waals surface area contributed by atoms with Crippen LogP contribution in [0.5, 0.6) is 0 Å². The number of amides is 2. The van der Waals surface area contributed by atoms with Crippen LogP contribution in [0.3, 0.4) is 0 Å². The molecule has 0 aromatic carbocycles. The van der Waals surface area contributed by atoms with E-state index in [2.05, 4.69) is 33.0 Å². The fraction of sp³-hybridized carbons (Fsp3) is 0.918. The van der Waals surface area contributed by atoms with Crippen LogP contribution in [-0.4, -0.2) is 85.4 Å². The number of hydrogen-bond donors (Lipinski definition) is 1. The minimum absolute atomic E-state index is 0.0380. The van der Waals surface area contributed by atoms with E-state index < -0.39 is 6.10 Å². The summed E-state index contributed by atoms with van der Waals surface area (Å²) in [5, 5.41) is 2.96. The number of ether oxygens (including phenoxy) is 4. The van der Waals surface area contributed by atoms with Crippen molar-refractivity contribution in [2.24, 2.45) is 0 Å². The first-order valence-corrected chi connectivity index (χ1v) is 24.5. The van der Waals surface area contributed by atoms with Gasteiger partial charge < -0.3 is 29.2 Å². The molecule has 3 atom stereocenters. The lowest BCUT2D eigenvalue weighted by Gasteiger charge is -2.33. The van der Waals surface area contributed by atoms with Gasteiger partial charge in [-0.15, -0.1) is 0 Å². The first-order chi connectivity index (χ1) is 28.4. The number of esters is 2. The van der Waals surface area contributed by atoms with Crippen molar-refractivity contribution in [1.29, 1.82) is 0 Å². The monoisotopic (exact) mass is 837 g/mol. The quantitative estimate of drug-likeness (QED) is 0.0480. The Bertz CT molecular complexity index is 1100. The lowest BCUT2D eigenvalue weighted by Crippen LogP contribution is -2.40. The Balaban J connectivity index is 2.55. The van der Waals surface area contributed by atoms with Gasteiger partial charge in [-0.05, 0) is 52.9 Å². The number of hydrogen-bond acceptors (Lipinski definition) is 8. The third kappa shape index (κ3) is 28.9. The van der Waals surface area contributed by atoms with Crippen molar-refractivity contribution in [2.45, 2.75) is 258 Å². The van der Waals surface area contributed by atoms with Gasteiger partial charge in [-0.25, -0.2) is 0 Å². The van der Waals surface area contributed by atoms with Gasteiger partial charge in [0, 0.05) is 45.8 Å². The summed E-state index contributed by atoms with van der Waals surface area (Å²) in [5.41, 5.74) is -0.683. The van der Waals surface area contributed by atoms with Crippen molar-refractivity contribution in [3.8, 4) is 0 Å². The van der Waals surface area contributed by atoms with E-state index in [-0.39, 0.29) is 67.0 Å². The van der Waals surface area contributed by atoms with Crippen LogP contribution in [0.2, 0.25) is 0 Å². The number of methoxy groups -OCH3 is 1. The first-order valence-electron chi connectivity index (χ1n) is 24.5. The Labute approximate surface area is 362 Å². The Morgan fingerprint density at radius 3 is 1.61 bits per heavy atom. The molecule has 59 heavy (non-hydrogen) atoms. The molecule has 0 aromatic rings. The normalized spacial score (nSPS) is 16.6. The maximum absolute atomic E-state index is 13.5. The Hall–Kier alpha value is -2.20. The van der Waals surface area contributed by atoms with Crippen LogP contribution < -0.4 is 5.32 Å². The van der Waals surface area contributed by atoms with Gasteiger partial charge in [0.15, 0.2) is 0 Å². The lowest BCUT2D eigenvalue weighted by atomic mass is 9.96. The van der Waals surface area contributed by atoms with Crippen molar-refractivity contribution in [2.75, 3.05) is 33.4 Å². The smallest absolute Gasteiger partial charge is 0.306 e. The van der Waals surface area contributed by atoms with Crippen LogP contribution >= 0.6 is 0 Å². The Morgan fingerprint density at radius 1 is 0.627 bits per heavy atom.